The van der Waals surface area contributed by atoms with Crippen molar-refractivity contribution in [2.24, 2.45) is 5.10 Å². The molecule has 0 bridgehead atoms. The molecule has 3 aromatic rings. The van der Waals surface area contributed by atoms with Crippen LogP contribution in [0.5, 0.6) is 0 Å². The standard InChI is InChI=1S/C16H12BrFN4O2S/c17-13-3-7-15(8-4-13)25(23,24)22-20-10-12-9-19-21-16(12)11-1-5-14(18)6-2-11/h1-10,22H,(H,19,21). The van der Waals surface area contributed by atoms with E-state index in [1.165, 1.54) is 36.7 Å². The Hall–Kier alpha value is -2.52. The van der Waals surface area contributed by atoms with Crippen molar-refractivity contribution >= 4 is 32.2 Å². The van der Waals surface area contributed by atoms with Crippen molar-refractivity contribution in [3.8, 4) is 11.3 Å². The lowest BCUT2D eigenvalue weighted by Crippen LogP contribution is -2.18. The summed E-state index contributed by atoms with van der Waals surface area (Å²) in [5.41, 5.74) is 1.87. The third kappa shape index (κ3) is 4.12. The normalized spacial score (nSPS) is 11.8. The Kier molecular flexibility index (Phi) is 4.95. The van der Waals surface area contributed by atoms with Gasteiger partial charge in [0, 0.05) is 15.6 Å². The zero-order chi connectivity index (χ0) is 17.9. The zero-order valence-electron chi connectivity index (χ0n) is 12.6. The molecule has 0 radical (unpaired) electrons. The van der Waals surface area contributed by atoms with Gasteiger partial charge in [-0.15, -0.1) is 0 Å². The van der Waals surface area contributed by atoms with Gasteiger partial charge >= 0.3 is 0 Å². The van der Waals surface area contributed by atoms with Gasteiger partial charge in [-0.1, -0.05) is 15.9 Å². The third-order valence-corrected chi connectivity index (χ3v) is 5.07. The number of benzene rings is 2. The highest BCUT2D eigenvalue weighted by Crippen LogP contribution is 2.20. The Morgan fingerprint density at radius 2 is 1.80 bits per heavy atom. The number of nitrogens with zero attached hydrogens (tertiary/aromatic N) is 2. The van der Waals surface area contributed by atoms with Gasteiger partial charge in [0.1, 0.15) is 5.82 Å². The number of halogens is 2. The molecule has 0 aliphatic rings. The molecule has 0 amide bonds. The van der Waals surface area contributed by atoms with E-state index in [0.29, 0.717) is 16.8 Å². The second kappa shape index (κ2) is 7.16. The molecule has 2 N–H and O–H groups in total. The number of nitrogens with one attached hydrogen (secondary N) is 2. The number of hydrogen-bond acceptors (Lipinski definition) is 4. The number of H-pyrrole nitrogens is 1. The fourth-order valence-electron chi connectivity index (χ4n) is 2.07. The Bertz CT molecular complexity index is 999. The van der Waals surface area contributed by atoms with Gasteiger partial charge in [0.25, 0.3) is 10.0 Å². The maximum absolute atomic E-state index is 13.0. The van der Waals surface area contributed by atoms with Gasteiger partial charge in [-0.25, -0.2) is 9.22 Å². The van der Waals surface area contributed by atoms with Crippen LogP contribution in [0.4, 0.5) is 4.39 Å². The first-order valence-corrected chi connectivity index (χ1v) is 9.33. The largest absolute Gasteiger partial charge is 0.277 e. The van der Waals surface area contributed by atoms with Crippen LogP contribution in [0.3, 0.4) is 0 Å². The Morgan fingerprint density at radius 1 is 1.12 bits per heavy atom. The summed E-state index contributed by atoms with van der Waals surface area (Å²) in [4.78, 5) is 2.24. The maximum Gasteiger partial charge on any atom is 0.276 e. The second-order valence-corrected chi connectivity index (χ2v) is 7.59. The van der Waals surface area contributed by atoms with E-state index in [4.69, 9.17) is 0 Å². The van der Waals surface area contributed by atoms with Crippen LogP contribution in [-0.2, 0) is 10.0 Å². The third-order valence-electron chi connectivity index (χ3n) is 3.30. The Balaban J connectivity index is 1.78. The number of aromatic amines is 1. The molecule has 9 heteroatoms. The molecule has 0 fully saturated rings. The number of aromatic nitrogens is 2. The average molecular weight is 423 g/mol. The minimum absolute atomic E-state index is 0.0961. The molecule has 0 saturated heterocycles. The predicted molar refractivity (Wildman–Crippen MR) is 96.0 cm³/mol. The average Bonchev–Trinajstić information content (AvgIpc) is 3.04. The summed E-state index contributed by atoms with van der Waals surface area (Å²) < 4.78 is 38.1. The molecule has 0 saturated carbocycles. The molecule has 25 heavy (non-hydrogen) atoms. The van der Waals surface area contributed by atoms with E-state index in [-0.39, 0.29) is 10.7 Å². The molecule has 128 valence electrons. The van der Waals surface area contributed by atoms with Crippen LogP contribution >= 0.6 is 15.9 Å². The predicted octanol–water partition coefficient (Wildman–Crippen LogP) is 3.29. The van der Waals surface area contributed by atoms with E-state index in [2.05, 4.69) is 36.1 Å². The van der Waals surface area contributed by atoms with Gasteiger partial charge in [0.05, 0.1) is 23.0 Å². The summed E-state index contributed by atoms with van der Waals surface area (Å²) in [5.74, 6) is -0.347. The fourth-order valence-corrected chi connectivity index (χ4v) is 3.13. The highest BCUT2D eigenvalue weighted by molar-refractivity contribution is 9.10. The van der Waals surface area contributed by atoms with Crippen LogP contribution in [0.15, 0.2) is 69.2 Å². The SMILES string of the molecule is O=S(=O)(NN=Cc1cn[nH]c1-c1ccc(F)cc1)c1ccc(Br)cc1. The molecule has 1 aromatic heterocycles. The van der Waals surface area contributed by atoms with Crippen LogP contribution < -0.4 is 4.83 Å². The van der Waals surface area contributed by atoms with Gasteiger partial charge < -0.3 is 0 Å². The number of hydrazone groups is 1. The van der Waals surface area contributed by atoms with Gasteiger partial charge in [0.15, 0.2) is 0 Å². The molecule has 3 rings (SSSR count). The van der Waals surface area contributed by atoms with Crippen LogP contribution in [0.25, 0.3) is 11.3 Å². The number of sulfonamides is 1. The van der Waals surface area contributed by atoms with E-state index in [9.17, 15) is 12.8 Å². The van der Waals surface area contributed by atoms with Crippen molar-refractivity contribution in [3.05, 3.63) is 70.6 Å². The van der Waals surface area contributed by atoms with E-state index in [1.54, 1.807) is 24.3 Å². The summed E-state index contributed by atoms with van der Waals surface area (Å²) in [6.07, 6.45) is 2.83. The van der Waals surface area contributed by atoms with Gasteiger partial charge in [-0.3, -0.25) is 5.10 Å². The molecule has 0 spiro atoms. The van der Waals surface area contributed by atoms with E-state index in [0.717, 1.165) is 4.47 Å². The van der Waals surface area contributed by atoms with E-state index < -0.39 is 10.0 Å². The topological polar surface area (TPSA) is 87.2 Å². The lowest BCUT2D eigenvalue weighted by molar-refractivity contribution is 0.584. The van der Waals surface area contributed by atoms with Crippen LogP contribution in [0, 0.1) is 5.82 Å². The molecule has 1 heterocycles. The number of rotatable bonds is 5. The van der Waals surface area contributed by atoms with Crippen molar-refractivity contribution in [2.75, 3.05) is 0 Å². The zero-order valence-corrected chi connectivity index (χ0v) is 15.1. The van der Waals surface area contributed by atoms with Crippen LogP contribution in [-0.4, -0.2) is 24.8 Å². The van der Waals surface area contributed by atoms with Crippen molar-refractivity contribution < 1.29 is 12.8 Å². The first-order chi connectivity index (χ1) is 12.0. The fraction of sp³-hybridized carbons (Fsp3) is 0. The van der Waals surface area contributed by atoms with Crippen molar-refractivity contribution in [1.29, 1.82) is 0 Å². The molecule has 6 nitrogen and oxygen atoms in total. The molecular formula is C16H12BrFN4O2S. The molecule has 0 atom stereocenters. The molecule has 2 aromatic carbocycles. The highest BCUT2D eigenvalue weighted by Gasteiger charge is 2.12. The Labute approximate surface area is 152 Å². The quantitative estimate of drug-likeness (QED) is 0.488. The first-order valence-electron chi connectivity index (χ1n) is 7.05. The van der Waals surface area contributed by atoms with Crippen molar-refractivity contribution in [2.45, 2.75) is 4.90 Å². The van der Waals surface area contributed by atoms with Gasteiger partial charge in [-0.2, -0.15) is 18.6 Å². The van der Waals surface area contributed by atoms with Crippen molar-refractivity contribution in [3.63, 3.8) is 0 Å². The van der Waals surface area contributed by atoms with E-state index in [1.807, 2.05) is 0 Å². The molecule has 0 aliphatic carbocycles. The maximum atomic E-state index is 13.0. The number of hydrogen-bond donors (Lipinski definition) is 2. The summed E-state index contributed by atoms with van der Waals surface area (Å²) in [6.45, 7) is 0. The van der Waals surface area contributed by atoms with Crippen LogP contribution in [0.2, 0.25) is 0 Å². The molecular weight excluding hydrogens is 411 g/mol. The molecule has 0 aliphatic heterocycles. The minimum atomic E-state index is -3.76. The van der Waals surface area contributed by atoms with Crippen molar-refractivity contribution in [1.82, 2.24) is 15.0 Å². The monoisotopic (exact) mass is 422 g/mol. The summed E-state index contributed by atoms with van der Waals surface area (Å²) >= 11 is 3.25. The molecule has 0 unspecified atom stereocenters. The summed E-state index contributed by atoms with van der Waals surface area (Å²) in [7, 11) is -3.76. The second-order valence-electron chi connectivity index (χ2n) is 5.01. The lowest BCUT2D eigenvalue weighted by atomic mass is 10.1. The van der Waals surface area contributed by atoms with Crippen LogP contribution in [0.1, 0.15) is 5.56 Å². The first kappa shape index (κ1) is 17.3. The summed E-state index contributed by atoms with van der Waals surface area (Å²) in [6, 6.07) is 12.0. The van der Waals surface area contributed by atoms with E-state index >= 15 is 0 Å². The minimum Gasteiger partial charge on any atom is -0.277 e. The van der Waals surface area contributed by atoms with Gasteiger partial charge in [0.2, 0.25) is 0 Å². The lowest BCUT2D eigenvalue weighted by Gasteiger charge is -2.03. The smallest absolute Gasteiger partial charge is 0.276 e. The highest BCUT2D eigenvalue weighted by atomic mass is 79.9. The van der Waals surface area contributed by atoms with Gasteiger partial charge in [-0.05, 0) is 48.5 Å². The summed E-state index contributed by atoms with van der Waals surface area (Å²) in [5, 5.41) is 10.5. The Morgan fingerprint density at radius 3 is 2.48 bits per heavy atom.